The van der Waals surface area contributed by atoms with Crippen molar-refractivity contribution in [1.82, 2.24) is 4.90 Å². The number of β-amino-alcohol motifs (C(OH)–C–C–N with tert-alkyl or cyclic N) is 1. The van der Waals surface area contributed by atoms with Gasteiger partial charge in [-0.3, -0.25) is 4.90 Å². The molecule has 1 aromatic carbocycles. The van der Waals surface area contributed by atoms with Gasteiger partial charge in [-0.25, -0.2) is 4.39 Å². The maximum absolute atomic E-state index is 12.8. The van der Waals surface area contributed by atoms with Crippen LogP contribution in [0.5, 0.6) is 0 Å². The highest BCUT2D eigenvalue weighted by Gasteiger charge is 2.21. The SMILES string of the molecule is C[C@@H]1CCCCN1C[C@H](O)c1ccc(F)cc1. The van der Waals surface area contributed by atoms with Crippen molar-refractivity contribution in [2.45, 2.75) is 38.3 Å². The minimum absolute atomic E-state index is 0.257. The summed E-state index contributed by atoms with van der Waals surface area (Å²) in [6.45, 7) is 3.91. The van der Waals surface area contributed by atoms with Crippen LogP contribution in [0.1, 0.15) is 37.9 Å². The molecule has 0 radical (unpaired) electrons. The summed E-state index contributed by atoms with van der Waals surface area (Å²) in [5, 5.41) is 10.1. The molecular weight excluding hydrogens is 217 g/mol. The van der Waals surface area contributed by atoms with Crippen molar-refractivity contribution >= 4 is 0 Å². The van der Waals surface area contributed by atoms with Gasteiger partial charge in [0.2, 0.25) is 0 Å². The van der Waals surface area contributed by atoms with Gasteiger partial charge in [0.05, 0.1) is 6.10 Å². The third-order valence-corrected chi connectivity index (χ3v) is 3.60. The largest absolute Gasteiger partial charge is 0.387 e. The maximum Gasteiger partial charge on any atom is 0.123 e. The van der Waals surface area contributed by atoms with E-state index in [1.54, 1.807) is 12.1 Å². The first-order valence-electron chi connectivity index (χ1n) is 6.34. The first kappa shape index (κ1) is 12.5. The van der Waals surface area contributed by atoms with Gasteiger partial charge >= 0.3 is 0 Å². The lowest BCUT2D eigenvalue weighted by Crippen LogP contribution is -2.40. The highest BCUT2D eigenvalue weighted by Crippen LogP contribution is 2.21. The summed E-state index contributed by atoms with van der Waals surface area (Å²) >= 11 is 0. The van der Waals surface area contributed by atoms with Crippen LogP contribution in [0.25, 0.3) is 0 Å². The van der Waals surface area contributed by atoms with Gasteiger partial charge in [-0.2, -0.15) is 0 Å². The summed E-state index contributed by atoms with van der Waals surface area (Å²) in [5.74, 6) is -0.257. The molecule has 2 atom stereocenters. The number of aliphatic hydroxyl groups is 1. The third-order valence-electron chi connectivity index (χ3n) is 3.60. The van der Waals surface area contributed by atoms with E-state index in [-0.39, 0.29) is 5.82 Å². The molecule has 0 unspecified atom stereocenters. The van der Waals surface area contributed by atoms with Crippen LogP contribution in [-0.4, -0.2) is 29.1 Å². The van der Waals surface area contributed by atoms with E-state index in [1.807, 2.05) is 0 Å². The predicted molar refractivity (Wildman–Crippen MR) is 66.2 cm³/mol. The first-order valence-corrected chi connectivity index (χ1v) is 6.34. The first-order chi connectivity index (χ1) is 8.16. The number of halogens is 1. The van der Waals surface area contributed by atoms with Gasteiger partial charge in [-0.05, 0) is 44.0 Å². The van der Waals surface area contributed by atoms with Gasteiger partial charge in [0.25, 0.3) is 0 Å². The zero-order chi connectivity index (χ0) is 12.3. The summed E-state index contributed by atoms with van der Waals surface area (Å²) in [7, 11) is 0. The Hall–Kier alpha value is -0.930. The van der Waals surface area contributed by atoms with E-state index in [4.69, 9.17) is 0 Å². The Morgan fingerprint density at radius 2 is 2.06 bits per heavy atom. The number of rotatable bonds is 3. The van der Waals surface area contributed by atoms with Crippen LogP contribution < -0.4 is 0 Å². The van der Waals surface area contributed by atoms with Gasteiger partial charge in [0.15, 0.2) is 0 Å². The number of hydrogen-bond acceptors (Lipinski definition) is 2. The quantitative estimate of drug-likeness (QED) is 0.873. The van der Waals surface area contributed by atoms with E-state index in [0.29, 0.717) is 12.6 Å². The molecule has 2 nitrogen and oxygen atoms in total. The van der Waals surface area contributed by atoms with E-state index < -0.39 is 6.10 Å². The molecule has 0 spiro atoms. The normalized spacial score (nSPS) is 23.6. The van der Waals surface area contributed by atoms with Gasteiger partial charge in [-0.15, -0.1) is 0 Å². The summed E-state index contributed by atoms with van der Waals surface area (Å²) in [5.41, 5.74) is 0.796. The van der Waals surface area contributed by atoms with Crippen molar-refractivity contribution in [3.63, 3.8) is 0 Å². The van der Waals surface area contributed by atoms with E-state index in [1.165, 1.54) is 31.4 Å². The van der Waals surface area contributed by atoms with Crippen LogP contribution in [0.2, 0.25) is 0 Å². The highest BCUT2D eigenvalue weighted by molar-refractivity contribution is 5.18. The van der Waals surface area contributed by atoms with Crippen LogP contribution in [0.4, 0.5) is 4.39 Å². The number of likely N-dealkylation sites (tertiary alicyclic amines) is 1. The highest BCUT2D eigenvalue weighted by atomic mass is 19.1. The molecule has 1 aliphatic heterocycles. The average Bonchev–Trinajstić information content (AvgIpc) is 2.33. The van der Waals surface area contributed by atoms with Gasteiger partial charge < -0.3 is 5.11 Å². The standard InChI is InChI=1S/C14H20FNO/c1-11-4-2-3-9-16(11)10-14(17)12-5-7-13(15)8-6-12/h5-8,11,14,17H,2-4,9-10H2,1H3/t11-,14+/m1/s1. The second kappa shape index (κ2) is 5.61. The van der Waals surface area contributed by atoms with Gasteiger partial charge in [0, 0.05) is 12.6 Å². The second-order valence-corrected chi connectivity index (χ2v) is 4.91. The molecule has 1 saturated heterocycles. The van der Waals surface area contributed by atoms with Crippen molar-refractivity contribution < 1.29 is 9.50 Å². The lowest BCUT2D eigenvalue weighted by molar-refractivity contribution is 0.0732. The lowest BCUT2D eigenvalue weighted by Gasteiger charge is -2.34. The van der Waals surface area contributed by atoms with Crippen molar-refractivity contribution in [1.29, 1.82) is 0 Å². The Labute approximate surface area is 102 Å². The third kappa shape index (κ3) is 3.27. The number of nitrogens with zero attached hydrogens (tertiary/aromatic N) is 1. The molecule has 1 aliphatic rings. The number of hydrogen-bond donors (Lipinski definition) is 1. The van der Waals surface area contributed by atoms with E-state index >= 15 is 0 Å². The molecule has 17 heavy (non-hydrogen) atoms. The fourth-order valence-electron chi connectivity index (χ4n) is 2.44. The maximum atomic E-state index is 12.8. The number of piperidine rings is 1. The topological polar surface area (TPSA) is 23.5 Å². The number of benzene rings is 1. The molecule has 1 fully saturated rings. The van der Waals surface area contributed by atoms with Gasteiger partial charge in [-0.1, -0.05) is 18.6 Å². The van der Waals surface area contributed by atoms with E-state index in [2.05, 4.69) is 11.8 Å². The lowest BCUT2D eigenvalue weighted by atomic mass is 10.0. The van der Waals surface area contributed by atoms with Crippen LogP contribution >= 0.6 is 0 Å². The minimum Gasteiger partial charge on any atom is -0.387 e. The molecule has 1 aromatic rings. The summed E-state index contributed by atoms with van der Waals surface area (Å²) in [6, 6.07) is 6.67. The smallest absolute Gasteiger partial charge is 0.123 e. The Morgan fingerprint density at radius 3 is 2.71 bits per heavy atom. The fourth-order valence-corrected chi connectivity index (χ4v) is 2.44. The summed E-state index contributed by atoms with van der Waals surface area (Å²) in [6.07, 6.45) is 3.18. The Bertz CT molecular complexity index is 352. The number of aliphatic hydroxyl groups excluding tert-OH is 1. The van der Waals surface area contributed by atoms with Crippen molar-refractivity contribution in [2.75, 3.05) is 13.1 Å². The molecule has 94 valence electrons. The van der Waals surface area contributed by atoms with Crippen LogP contribution in [0.3, 0.4) is 0 Å². The van der Waals surface area contributed by atoms with E-state index in [0.717, 1.165) is 12.1 Å². The molecule has 1 heterocycles. The van der Waals surface area contributed by atoms with Crippen molar-refractivity contribution in [3.8, 4) is 0 Å². The minimum atomic E-state index is -0.517. The Morgan fingerprint density at radius 1 is 1.35 bits per heavy atom. The molecule has 0 bridgehead atoms. The zero-order valence-corrected chi connectivity index (χ0v) is 10.3. The summed E-state index contributed by atoms with van der Waals surface area (Å²) < 4.78 is 12.8. The molecule has 0 saturated carbocycles. The second-order valence-electron chi connectivity index (χ2n) is 4.91. The van der Waals surface area contributed by atoms with Gasteiger partial charge in [0.1, 0.15) is 5.82 Å². The molecule has 0 aliphatic carbocycles. The fraction of sp³-hybridized carbons (Fsp3) is 0.571. The van der Waals surface area contributed by atoms with Crippen LogP contribution in [-0.2, 0) is 0 Å². The molecule has 0 amide bonds. The van der Waals surface area contributed by atoms with Crippen molar-refractivity contribution in [2.24, 2.45) is 0 Å². The van der Waals surface area contributed by atoms with Crippen LogP contribution in [0.15, 0.2) is 24.3 Å². The average molecular weight is 237 g/mol. The Balaban J connectivity index is 1.95. The van der Waals surface area contributed by atoms with Crippen molar-refractivity contribution in [3.05, 3.63) is 35.6 Å². The monoisotopic (exact) mass is 237 g/mol. The zero-order valence-electron chi connectivity index (χ0n) is 10.3. The predicted octanol–water partition coefficient (Wildman–Crippen LogP) is 2.73. The molecule has 0 aromatic heterocycles. The molecule has 1 N–H and O–H groups in total. The molecule has 2 rings (SSSR count). The van der Waals surface area contributed by atoms with Crippen LogP contribution in [0, 0.1) is 5.82 Å². The van der Waals surface area contributed by atoms with E-state index in [9.17, 15) is 9.50 Å². The molecular formula is C14H20FNO. The Kier molecular flexibility index (Phi) is 4.13. The molecule has 3 heteroatoms. The summed E-state index contributed by atoms with van der Waals surface area (Å²) in [4.78, 5) is 2.32.